The summed E-state index contributed by atoms with van der Waals surface area (Å²) in [5.41, 5.74) is -0.535. The lowest BCUT2D eigenvalue weighted by Crippen LogP contribution is -2.45. The Morgan fingerprint density at radius 2 is 1.96 bits per heavy atom. The molecule has 0 radical (unpaired) electrons. The summed E-state index contributed by atoms with van der Waals surface area (Å²) < 4.78 is 39.2. The second-order valence-electron chi connectivity index (χ2n) is 6.37. The van der Waals surface area contributed by atoms with Crippen LogP contribution in [0.1, 0.15) is 24.8 Å². The molecule has 1 saturated carbocycles. The Bertz CT molecular complexity index is 669. The largest absolute Gasteiger partial charge is 0.385 e. The number of nitrogens with zero attached hydrogens (tertiary/aromatic N) is 1. The maximum absolute atomic E-state index is 13.4. The second kappa shape index (κ2) is 8.15. The van der Waals surface area contributed by atoms with Crippen LogP contribution in [-0.2, 0) is 20.5 Å². The molecular weight excluding hydrogens is 337 g/mol. The first-order chi connectivity index (χ1) is 10.9. The van der Waals surface area contributed by atoms with Crippen molar-refractivity contribution in [3.05, 3.63) is 35.6 Å². The lowest BCUT2D eigenvalue weighted by atomic mass is 9.71. The van der Waals surface area contributed by atoms with Crippen molar-refractivity contribution in [2.75, 3.05) is 26.9 Å². The van der Waals surface area contributed by atoms with Gasteiger partial charge in [-0.25, -0.2) is 4.39 Å². The molecule has 24 heavy (non-hydrogen) atoms. The minimum absolute atomic E-state index is 0.174. The number of hydrogen-bond donors (Lipinski definition) is 2. The molecule has 1 aromatic rings. The van der Waals surface area contributed by atoms with Gasteiger partial charge in [0.1, 0.15) is 11.6 Å². The predicted octanol–water partition coefficient (Wildman–Crippen LogP) is 1.45. The van der Waals surface area contributed by atoms with Crippen molar-refractivity contribution in [3.63, 3.8) is 0 Å². The maximum Gasteiger partial charge on any atom is 0.261 e. The lowest BCUT2D eigenvalue weighted by Gasteiger charge is -2.41. The third-order valence-corrected chi connectivity index (χ3v) is 3.84. The van der Waals surface area contributed by atoms with Gasteiger partial charge in [-0.1, -0.05) is 12.1 Å². The van der Waals surface area contributed by atoms with Crippen molar-refractivity contribution >= 4 is 15.9 Å². The number of aliphatic hydroxyl groups is 1. The molecule has 0 bridgehead atoms. The number of rotatable bonds is 3. The summed E-state index contributed by atoms with van der Waals surface area (Å²) in [6.07, 6.45) is 1.79. The van der Waals surface area contributed by atoms with Gasteiger partial charge in [0.25, 0.3) is 10.1 Å². The van der Waals surface area contributed by atoms with Crippen LogP contribution in [-0.4, -0.2) is 55.7 Å². The average molecular weight is 361 g/mol. The maximum atomic E-state index is 13.4. The van der Waals surface area contributed by atoms with Gasteiger partial charge in [0, 0.05) is 25.3 Å². The molecule has 0 heterocycles. The van der Waals surface area contributed by atoms with Gasteiger partial charge in [-0.15, -0.1) is 0 Å². The quantitative estimate of drug-likeness (QED) is 0.791. The number of halogens is 1. The van der Waals surface area contributed by atoms with E-state index in [1.165, 1.54) is 12.1 Å². The number of carbonyl (C=O) groups is 1. The summed E-state index contributed by atoms with van der Waals surface area (Å²) in [4.78, 5) is 13.6. The monoisotopic (exact) mass is 361 g/mol. The first kappa shape index (κ1) is 20.7. The van der Waals surface area contributed by atoms with Gasteiger partial charge < -0.3 is 10.0 Å². The highest BCUT2D eigenvalue weighted by atomic mass is 32.2. The molecule has 0 spiro atoms. The molecule has 2 rings (SSSR count). The normalized spacial score (nSPS) is 24.5. The van der Waals surface area contributed by atoms with Gasteiger partial charge in [0.15, 0.2) is 0 Å². The van der Waals surface area contributed by atoms with Gasteiger partial charge in [0.05, 0.1) is 11.9 Å². The van der Waals surface area contributed by atoms with Gasteiger partial charge in [-0.2, -0.15) is 8.42 Å². The van der Waals surface area contributed by atoms with Crippen LogP contribution in [0, 0.1) is 11.7 Å². The van der Waals surface area contributed by atoms with Crippen LogP contribution in [0.5, 0.6) is 0 Å². The lowest BCUT2D eigenvalue weighted by molar-refractivity contribution is -0.133. The zero-order valence-electron chi connectivity index (χ0n) is 14.1. The number of benzene rings is 1. The van der Waals surface area contributed by atoms with E-state index >= 15 is 0 Å². The molecule has 1 aromatic carbocycles. The molecule has 0 saturated heterocycles. The molecule has 136 valence electrons. The number of hydrogen-bond acceptors (Lipinski definition) is 5. The summed E-state index contributed by atoms with van der Waals surface area (Å²) in [7, 11) is 0.149. The Labute approximate surface area is 142 Å². The topological polar surface area (TPSA) is 94.9 Å². The van der Waals surface area contributed by atoms with Crippen molar-refractivity contribution in [3.8, 4) is 0 Å². The smallest absolute Gasteiger partial charge is 0.261 e. The summed E-state index contributed by atoms with van der Waals surface area (Å²) in [5, 5.41) is 10.9. The van der Waals surface area contributed by atoms with E-state index in [0.29, 0.717) is 37.6 Å². The van der Waals surface area contributed by atoms with Crippen molar-refractivity contribution in [2.24, 2.45) is 5.92 Å². The molecule has 2 N–H and O–H groups in total. The summed E-state index contributed by atoms with van der Waals surface area (Å²) in [6, 6.07) is 6.08. The Morgan fingerprint density at radius 3 is 2.46 bits per heavy atom. The highest BCUT2D eigenvalue weighted by Crippen LogP contribution is 2.40. The molecule has 1 aliphatic rings. The third-order valence-electron chi connectivity index (χ3n) is 3.84. The highest BCUT2D eigenvalue weighted by molar-refractivity contribution is 7.85. The van der Waals surface area contributed by atoms with Crippen LogP contribution in [0.4, 0.5) is 4.39 Å². The summed E-state index contributed by atoms with van der Waals surface area (Å²) in [5.74, 6) is -0.370. The number of Topliss-reactive ketones (excluding diaryl/α,β-unsaturated/α-hetero) is 1. The minimum atomic E-state index is -3.67. The second-order valence-corrected chi connectivity index (χ2v) is 7.84. The number of carbonyl (C=O) groups excluding carboxylic acids is 1. The van der Waals surface area contributed by atoms with E-state index in [2.05, 4.69) is 0 Å². The Kier molecular flexibility index (Phi) is 7.03. The summed E-state index contributed by atoms with van der Waals surface area (Å²) >= 11 is 0. The Morgan fingerprint density at radius 1 is 1.38 bits per heavy atom. The Hall–Kier alpha value is -1.35. The van der Waals surface area contributed by atoms with Gasteiger partial charge in [0.2, 0.25) is 0 Å². The molecule has 8 heteroatoms. The highest BCUT2D eigenvalue weighted by Gasteiger charge is 2.43. The molecule has 0 amide bonds. The van der Waals surface area contributed by atoms with Crippen molar-refractivity contribution in [1.82, 2.24) is 4.90 Å². The molecule has 0 aliphatic heterocycles. The molecule has 0 aromatic heterocycles. The van der Waals surface area contributed by atoms with Gasteiger partial charge >= 0.3 is 0 Å². The van der Waals surface area contributed by atoms with Gasteiger partial charge in [-0.3, -0.25) is 9.35 Å². The molecule has 6 nitrogen and oxygen atoms in total. The SMILES string of the molecule is CN(C)CC1CC(=O)CCC1(O)c1cccc(F)c1.CS(=O)(=O)O. The van der Waals surface area contributed by atoms with Crippen LogP contribution >= 0.6 is 0 Å². The molecule has 1 aliphatic carbocycles. The van der Waals surface area contributed by atoms with Crippen LogP contribution in [0.2, 0.25) is 0 Å². The molecular formula is C16H24FNO5S. The first-order valence-corrected chi connectivity index (χ1v) is 9.34. The number of ketones is 1. The fourth-order valence-corrected chi connectivity index (χ4v) is 2.87. The van der Waals surface area contributed by atoms with Crippen molar-refractivity contribution in [2.45, 2.75) is 24.9 Å². The van der Waals surface area contributed by atoms with E-state index in [4.69, 9.17) is 4.55 Å². The molecule has 1 fully saturated rings. The predicted molar refractivity (Wildman–Crippen MR) is 88.7 cm³/mol. The average Bonchev–Trinajstić information content (AvgIpc) is 2.41. The zero-order chi connectivity index (χ0) is 18.5. The molecule has 2 unspecified atom stereocenters. The Balaban J connectivity index is 0.000000505. The van der Waals surface area contributed by atoms with Crippen LogP contribution < -0.4 is 0 Å². The summed E-state index contributed by atoms with van der Waals surface area (Å²) in [6.45, 7) is 0.610. The van der Waals surface area contributed by atoms with Gasteiger partial charge in [-0.05, 0) is 38.2 Å². The van der Waals surface area contributed by atoms with E-state index in [0.717, 1.165) is 0 Å². The fraction of sp³-hybridized carbons (Fsp3) is 0.562. The first-order valence-electron chi connectivity index (χ1n) is 7.49. The fourth-order valence-electron chi connectivity index (χ4n) is 2.87. The minimum Gasteiger partial charge on any atom is -0.385 e. The van der Waals surface area contributed by atoms with E-state index in [-0.39, 0.29) is 17.5 Å². The van der Waals surface area contributed by atoms with Crippen LogP contribution in [0.15, 0.2) is 24.3 Å². The zero-order valence-corrected chi connectivity index (χ0v) is 14.9. The molecule has 2 atom stereocenters. The van der Waals surface area contributed by atoms with Crippen LogP contribution in [0.3, 0.4) is 0 Å². The van der Waals surface area contributed by atoms with Crippen LogP contribution in [0.25, 0.3) is 0 Å². The van der Waals surface area contributed by atoms with E-state index < -0.39 is 15.7 Å². The van der Waals surface area contributed by atoms with Crippen molar-refractivity contribution < 1.29 is 27.3 Å². The van der Waals surface area contributed by atoms with E-state index in [9.17, 15) is 22.7 Å². The van der Waals surface area contributed by atoms with E-state index in [1.807, 2.05) is 19.0 Å². The standard InChI is InChI=1S/C15H20FNO2.CH4O3S/c1-17(2)10-12-9-14(18)6-7-15(12,19)11-4-3-5-13(16)8-11;1-5(2,3)4/h3-5,8,12,19H,6-7,9-10H2,1-2H3;1H3,(H,2,3,4). The van der Waals surface area contributed by atoms with Crippen molar-refractivity contribution in [1.29, 1.82) is 0 Å². The van der Waals surface area contributed by atoms with E-state index in [1.54, 1.807) is 12.1 Å². The third kappa shape index (κ3) is 6.64.